The van der Waals surface area contributed by atoms with Crippen molar-refractivity contribution in [3.8, 4) is 0 Å². The predicted molar refractivity (Wildman–Crippen MR) is 61.7 cm³/mol. The molecule has 7 nitrogen and oxygen atoms in total. The number of aliphatic carboxylic acids is 1. The van der Waals surface area contributed by atoms with Gasteiger partial charge in [0.2, 0.25) is 0 Å². The minimum absolute atomic E-state index is 0.257. The second kappa shape index (κ2) is 4.31. The minimum atomic E-state index is -0.706. The van der Waals surface area contributed by atoms with E-state index in [9.17, 15) is 4.79 Å². The first-order valence-electron chi connectivity index (χ1n) is 6.37. The summed E-state index contributed by atoms with van der Waals surface area (Å²) in [5.41, 5.74) is 0. The van der Waals surface area contributed by atoms with Crippen molar-refractivity contribution in [1.82, 2.24) is 25.1 Å². The van der Waals surface area contributed by atoms with Gasteiger partial charge in [0.05, 0.1) is 18.5 Å². The van der Waals surface area contributed by atoms with Gasteiger partial charge in [0.15, 0.2) is 5.82 Å². The third-order valence-corrected chi connectivity index (χ3v) is 3.90. The van der Waals surface area contributed by atoms with Gasteiger partial charge in [-0.2, -0.15) is 0 Å². The molecule has 2 heterocycles. The number of nitrogens with zero attached hydrogens (tertiary/aromatic N) is 5. The molecule has 2 fully saturated rings. The normalized spacial score (nSPS) is 22.7. The maximum atomic E-state index is 10.9. The Morgan fingerprint density at radius 1 is 1.50 bits per heavy atom. The van der Waals surface area contributed by atoms with Gasteiger partial charge in [-0.25, -0.2) is 4.68 Å². The lowest BCUT2D eigenvalue weighted by molar-refractivity contribution is -0.145. The Bertz CT molecular complexity index is 450. The summed E-state index contributed by atoms with van der Waals surface area (Å²) in [4.78, 5) is 13.1. The predicted octanol–water partition coefficient (Wildman–Crippen LogP) is 0.160. The summed E-state index contributed by atoms with van der Waals surface area (Å²) in [5, 5.41) is 20.7. The van der Waals surface area contributed by atoms with Crippen LogP contribution >= 0.6 is 0 Å². The van der Waals surface area contributed by atoms with Gasteiger partial charge in [-0.05, 0) is 29.2 Å². The van der Waals surface area contributed by atoms with Crippen LogP contribution in [0.4, 0.5) is 0 Å². The quantitative estimate of drug-likeness (QED) is 0.802. The van der Waals surface area contributed by atoms with E-state index in [-0.39, 0.29) is 11.8 Å². The van der Waals surface area contributed by atoms with E-state index in [2.05, 4.69) is 20.4 Å². The smallest absolute Gasteiger partial charge is 0.306 e. The van der Waals surface area contributed by atoms with E-state index in [4.69, 9.17) is 5.11 Å². The van der Waals surface area contributed by atoms with E-state index in [0.717, 1.165) is 38.3 Å². The standard InChI is InChI=1S/C11H17N5O2/c1-7(11(17)18)8-4-15(5-8)6-10-12-13-14-16(10)9-2-3-9/h7-9H,2-6H2,1H3,(H,17,18). The van der Waals surface area contributed by atoms with Crippen LogP contribution < -0.4 is 0 Å². The molecule has 1 saturated carbocycles. The molecule has 1 saturated heterocycles. The summed E-state index contributed by atoms with van der Waals surface area (Å²) >= 11 is 0. The van der Waals surface area contributed by atoms with Crippen molar-refractivity contribution >= 4 is 5.97 Å². The molecule has 1 aliphatic carbocycles. The zero-order valence-electron chi connectivity index (χ0n) is 10.4. The molecular formula is C11H17N5O2. The van der Waals surface area contributed by atoms with Crippen molar-refractivity contribution in [3.63, 3.8) is 0 Å². The summed E-state index contributed by atoms with van der Waals surface area (Å²) in [6.07, 6.45) is 2.33. The van der Waals surface area contributed by atoms with E-state index in [1.807, 2.05) is 4.68 Å². The Morgan fingerprint density at radius 3 is 2.83 bits per heavy atom. The second-order valence-electron chi connectivity index (χ2n) is 5.35. The van der Waals surface area contributed by atoms with Gasteiger partial charge in [-0.3, -0.25) is 9.69 Å². The molecule has 1 aromatic heterocycles. The number of likely N-dealkylation sites (tertiary alicyclic amines) is 1. The molecule has 0 spiro atoms. The number of carboxylic acids is 1. The monoisotopic (exact) mass is 251 g/mol. The van der Waals surface area contributed by atoms with Crippen LogP contribution in [0.2, 0.25) is 0 Å². The molecule has 7 heteroatoms. The molecule has 1 atom stereocenters. The average molecular weight is 251 g/mol. The summed E-state index contributed by atoms with van der Waals surface area (Å²) in [5.74, 6) is 0.190. The molecule has 2 aliphatic rings. The van der Waals surface area contributed by atoms with Gasteiger partial charge < -0.3 is 5.11 Å². The fraction of sp³-hybridized carbons (Fsp3) is 0.818. The Hall–Kier alpha value is -1.50. The third kappa shape index (κ3) is 2.10. The van der Waals surface area contributed by atoms with Crippen molar-refractivity contribution in [2.45, 2.75) is 32.4 Å². The molecule has 1 aromatic rings. The summed E-state index contributed by atoms with van der Waals surface area (Å²) < 4.78 is 1.91. The first kappa shape index (κ1) is 11.6. The zero-order valence-corrected chi connectivity index (χ0v) is 10.4. The molecule has 1 aliphatic heterocycles. The van der Waals surface area contributed by atoms with Crippen LogP contribution in [-0.2, 0) is 11.3 Å². The Kier molecular flexibility index (Phi) is 2.77. The van der Waals surface area contributed by atoms with Crippen molar-refractivity contribution in [2.75, 3.05) is 13.1 Å². The van der Waals surface area contributed by atoms with Gasteiger partial charge in [0, 0.05) is 13.1 Å². The number of hydrogen-bond acceptors (Lipinski definition) is 5. The van der Waals surface area contributed by atoms with Crippen molar-refractivity contribution in [2.24, 2.45) is 11.8 Å². The Balaban J connectivity index is 1.53. The summed E-state index contributed by atoms with van der Waals surface area (Å²) in [6.45, 7) is 4.15. The molecule has 0 aromatic carbocycles. The molecule has 0 radical (unpaired) electrons. The number of carboxylic acid groups (broad SMARTS) is 1. The topological polar surface area (TPSA) is 84.1 Å². The van der Waals surface area contributed by atoms with Crippen LogP contribution in [0.3, 0.4) is 0 Å². The number of aromatic nitrogens is 4. The molecule has 3 rings (SSSR count). The fourth-order valence-electron chi connectivity index (χ4n) is 2.38. The Labute approximate surface area is 105 Å². The van der Waals surface area contributed by atoms with Gasteiger partial charge >= 0.3 is 5.97 Å². The van der Waals surface area contributed by atoms with Crippen molar-refractivity contribution in [3.05, 3.63) is 5.82 Å². The molecule has 98 valence electrons. The number of rotatable bonds is 5. The maximum absolute atomic E-state index is 10.9. The molecule has 0 amide bonds. The van der Waals surface area contributed by atoms with Crippen molar-refractivity contribution < 1.29 is 9.90 Å². The summed E-state index contributed by atoms with van der Waals surface area (Å²) in [6, 6.07) is 0.491. The maximum Gasteiger partial charge on any atom is 0.306 e. The van der Waals surface area contributed by atoms with Gasteiger partial charge in [0.25, 0.3) is 0 Å². The SMILES string of the molecule is CC(C(=O)O)C1CN(Cc2nnnn2C2CC2)C1. The van der Waals surface area contributed by atoms with Gasteiger partial charge in [0.1, 0.15) is 0 Å². The van der Waals surface area contributed by atoms with E-state index in [1.165, 1.54) is 0 Å². The van der Waals surface area contributed by atoms with Crippen LogP contribution in [-0.4, -0.2) is 49.3 Å². The van der Waals surface area contributed by atoms with E-state index >= 15 is 0 Å². The van der Waals surface area contributed by atoms with E-state index in [1.54, 1.807) is 6.92 Å². The highest BCUT2D eigenvalue weighted by Gasteiger charge is 2.36. The van der Waals surface area contributed by atoms with Crippen LogP contribution in [0.15, 0.2) is 0 Å². The highest BCUT2D eigenvalue weighted by atomic mass is 16.4. The minimum Gasteiger partial charge on any atom is -0.481 e. The molecule has 18 heavy (non-hydrogen) atoms. The third-order valence-electron chi connectivity index (χ3n) is 3.90. The van der Waals surface area contributed by atoms with Gasteiger partial charge in [-0.1, -0.05) is 6.92 Å². The average Bonchev–Trinajstić information content (AvgIpc) is 3.02. The lowest BCUT2D eigenvalue weighted by Gasteiger charge is -2.40. The van der Waals surface area contributed by atoms with Crippen LogP contribution in [0.5, 0.6) is 0 Å². The molecular weight excluding hydrogens is 234 g/mol. The van der Waals surface area contributed by atoms with Crippen molar-refractivity contribution in [1.29, 1.82) is 0 Å². The number of tetrazole rings is 1. The highest BCUT2D eigenvalue weighted by Crippen LogP contribution is 2.35. The zero-order chi connectivity index (χ0) is 12.7. The number of carbonyl (C=O) groups is 1. The highest BCUT2D eigenvalue weighted by molar-refractivity contribution is 5.70. The van der Waals surface area contributed by atoms with Crippen LogP contribution in [0.1, 0.15) is 31.6 Å². The molecule has 0 bridgehead atoms. The lowest BCUT2D eigenvalue weighted by Crippen LogP contribution is -2.50. The first-order chi connectivity index (χ1) is 8.65. The van der Waals surface area contributed by atoms with E-state index in [0.29, 0.717) is 6.04 Å². The molecule has 1 N–H and O–H groups in total. The molecule has 1 unspecified atom stereocenters. The van der Waals surface area contributed by atoms with Crippen LogP contribution in [0, 0.1) is 11.8 Å². The van der Waals surface area contributed by atoms with E-state index < -0.39 is 5.97 Å². The second-order valence-corrected chi connectivity index (χ2v) is 5.35. The lowest BCUT2D eigenvalue weighted by atomic mass is 9.87. The largest absolute Gasteiger partial charge is 0.481 e. The van der Waals surface area contributed by atoms with Crippen LogP contribution in [0.25, 0.3) is 0 Å². The Morgan fingerprint density at radius 2 is 2.22 bits per heavy atom. The summed E-state index contributed by atoms with van der Waals surface area (Å²) in [7, 11) is 0. The van der Waals surface area contributed by atoms with Gasteiger partial charge in [-0.15, -0.1) is 5.10 Å². The first-order valence-corrected chi connectivity index (χ1v) is 6.37. The number of hydrogen-bond donors (Lipinski definition) is 1. The fourth-order valence-corrected chi connectivity index (χ4v) is 2.38.